The largest absolute Gasteiger partial charge is 0.480 e. The molecule has 0 bridgehead atoms. The lowest BCUT2D eigenvalue weighted by Crippen LogP contribution is -2.45. The van der Waals surface area contributed by atoms with E-state index in [9.17, 15) is 27.6 Å². The SMILES string of the molecule is CC(C)(C)OC(=O)NCCCCC(NC(=O)C1CCCC1)C(=O)COc1c(F)ccc(F)c1F. The van der Waals surface area contributed by atoms with Crippen LogP contribution in [-0.2, 0) is 14.3 Å². The van der Waals surface area contributed by atoms with Crippen LogP contribution in [0.1, 0.15) is 65.7 Å². The van der Waals surface area contributed by atoms with Crippen molar-refractivity contribution in [1.29, 1.82) is 0 Å². The van der Waals surface area contributed by atoms with Crippen molar-refractivity contribution in [3.8, 4) is 5.75 Å². The summed E-state index contributed by atoms with van der Waals surface area (Å²) in [6.07, 6.45) is 4.02. The molecule has 190 valence electrons. The fourth-order valence-corrected chi connectivity index (χ4v) is 3.65. The zero-order chi connectivity index (χ0) is 25.3. The Kier molecular flexibility index (Phi) is 10.2. The summed E-state index contributed by atoms with van der Waals surface area (Å²) < 4.78 is 51.1. The van der Waals surface area contributed by atoms with Crippen LogP contribution in [0.5, 0.6) is 5.75 Å². The van der Waals surface area contributed by atoms with Gasteiger partial charge in [-0.1, -0.05) is 12.8 Å². The molecule has 1 aromatic carbocycles. The number of carbonyl (C=O) groups is 3. The number of benzene rings is 1. The molecule has 1 unspecified atom stereocenters. The number of hydrogen-bond donors (Lipinski definition) is 2. The van der Waals surface area contributed by atoms with Crippen LogP contribution in [0.4, 0.5) is 18.0 Å². The number of alkyl carbamates (subject to hydrolysis) is 1. The van der Waals surface area contributed by atoms with E-state index < -0.39 is 53.3 Å². The number of Topliss-reactive ketones (excluding diaryl/α,β-unsaturated/α-hetero) is 1. The van der Waals surface area contributed by atoms with Gasteiger partial charge in [0.05, 0.1) is 6.04 Å². The van der Waals surface area contributed by atoms with Crippen LogP contribution in [0.25, 0.3) is 0 Å². The monoisotopic (exact) mass is 486 g/mol. The van der Waals surface area contributed by atoms with Crippen molar-refractivity contribution < 1.29 is 37.0 Å². The van der Waals surface area contributed by atoms with E-state index in [0.717, 1.165) is 25.7 Å². The van der Waals surface area contributed by atoms with Crippen molar-refractivity contribution in [1.82, 2.24) is 10.6 Å². The highest BCUT2D eigenvalue weighted by molar-refractivity contribution is 5.90. The summed E-state index contributed by atoms with van der Waals surface area (Å²) >= 11 is 0. The van der Waals surface area contributed by atoms with Crippen LogP contribution in [0, 0.1) is 23.4 Å². The molecule has 0 spiro atoms. The van der Waals surface area contributed by atoms with Gasteiger partial charge >= 0.3 is 6.09 Å². The fourth-order valence-electron chi connectivity index (χ4n) is 3.65. The first-order valence-electron chi connectivity index (χ1n) is 11.5. The van der Waals surface area contributed by atoms with Crippen LogP contribution in [0.15, 0.2) is 12.1 Å². The predicted molar refractivity (Wildman–Crippen MR) is 119 cm³/mol. The van der Waals surface area contributed by atoms with E-state index in [4.69, 9.17) is 9.47 Å². The third kappa shape index (κ3) is 8.87. The van der Waals surface area contributed by atoms with Gasteiger partial charge in [0.15, 0.2) is 23.2 Å². The summed E-state index contributed by atoms with van der Waals surface area (Å²) in [4.78, 5) is 37.0. The van der Waals surface area contributed by atoms with Gasteiger partial charge in [-0.3, -0.25) is 9.59 Å². The van der Waals surface area contributed by atoms with Crippen molar-refractivity contribution >= 4 is 17.8 Å². The zero-order valence-electron chi connectivity index (χ0n) is 19.8. The minimum Gasteiger partial charge on any atom is -0.480 e. The molecule has 1 aliphatic carbocycles. The molecule has 1 fully saturated rings. The molecule has 7 nitrogen and oxygen atoms in total. The molecule has 0 aromatic heterocycles. The molecule has 10 heteroatoms. The number of ketones is 1. The smallest absolute Gasteiger partial charge is 0.407 e. The maximum Gasteiger partial charge on any atom is 0.407 e. The molecule has 2 amide bonds. The van der Waals surface area contributed by atoms with Crippen LogP contribution in [0.2, 0.25) is 0 Å². The lowest BCUT2D eigenvalue weighted by Gasteiger charge is -2.21. The first-order chi connectivity index (χ1) is 16.0. The summed E-state index contributed by atoms with van der Waals surface area (Å²) in [6.45, 7) is 4.82. The molecule has 34 heavy (non-hydrogen) atoms. The minimum absolute atomic E-state index is 0.178. The Labute approximate surface area is 197 Å². The van der Waals surface area contributed by atoms with Gasteiger partial charge in [-0.25, -0.2) is 13.6 Å². The molecule has 1 saturated carbocycles. The fraction of sp³-hybridized carbons (Fsp3) is 0.625. The van der Waals surface area contributed by atoms with Gasteiger partial charge in [0.25, 0.3) is 0 Å². The Morgan fingerprint density at radius 2 is 1.71 bits per heavy atom. The van der Waals surface area contributed by atoms with E-state index in [0.29, 0.717) is 31.5 Å². The highest BCUT2D eigenvalue weighted by Gasteiger charge is 2.28. The van der Waals surface area contributed by atoms with Crippen LogP contribution in [0.3, 0.4) is 0 Å². The van der Waals surface area contributed by atoms with Crippen molar-refractivity contribution in [2.45, 2.75) is 77.4 Å². The number of carbonyl (C=O) groups excluding carboxylic acids is 3. The van der Waals surface area contributed by atoms with Gasteiger partial charge in [0, 0.05) is 12.5 Å². The lowest BCUT2D eigenvalue weighted by atomic mass is 10.0. The van der Waals surface area contributed by atoms with E-state index in [2.05, 4.69) is 10.6 Å². The standard InChI is InChI=1S/C24H33F3N2O5/c1-24(2,3)34-23(32)28-13-7-6-10-18(29-22(31)15-8-4-5-9-15)19(30)14-33-21-17(26)12-11-16(25)20(21)27/h11-12,15,18H,4-10,13-14H2,1-3H3,(H,28,32)(H,29,31). The topological polar surface area (TPSA) is 93.7 Å². The van der Waals surface area contributed by atoms with E-state index in [-0.39, 0.29) is 18.2 Å². The molecule has 0 radical (unpaired) electrons. The van der Waals surface area contributed by atoms with Gasteiger partial charge in [-0.05, 0) is 65.0 Å². The van der Waals surface area contributed by atoms with E-state index >= 15 is 0 Å². The number of amides is 2. The number of unbranched alkanes of at least 4 members (excludes halogenated alkanes) is 1. The van der Waals surface area contributed by atoms with Gasteiger partial charge in [0.2, 0.25) is 11.7 Å². The number of rotatable bonds is 11. The number of ether oxygens (including phenoxy) is 2. The molecular weight excluding hydrogens is 453 g/mol. The quantitative estimate of drug-likeness (QED) is 0.357. The minimum atomic E-state index is -1.52. The van der Waals surface area contributed by atoms with E-state index in [1.54, 1.807) is 20.8 Å². The van der Waals surface area contributed by atoms with E-state index in [1.807, 2.05) is 0 Å². The molecule has 0 heterocycles. The second kappa shape index (κ2) is 12.6. The maximum absolute atomic E-state index is 13.8. The molecule has 1 aliphatic rings. The van der Waals surface area contributed by atoms with Crippen LogP contribution >= 0.6 is 0 Å². The van der Waals surface area contributed by atoms with Gasteiger partial charge < -0.3 is 20.1 Å². The molecule has 1 aromatic rings. The predicted octanol–water partition coefficient (Wildman–Crippen LogP) is 4.42. The molecule has 2 rings (SSSR count). The van der Waals surface area contributed by atoms with Crippen LogP contribution in [-0.4, -0.2) is 42.6 Å². The summed E-state index contributed by atoms with van der Waals surface area (Å²) in [5.74, 6) is -5.94. The number of halogens is 3. The molecule has 2 N–H and O–H groups in total. The number of hydrogen-bond acceptors (Lipinski definition) is 5. The molecular formula is C24H33F3N2O5. The third-order valence-corrected chi connectivity index (χ3v) is 5.38. The molecule has 0 aliphatic heterocycles. The zero-order valence-corrected chi connectivity index (χ0v) is 19.8. The Bertz CT molecular complexity index is 867. The summed E-state index contributed by atoms with van der Waals surface area (Å²) in [7, 11) is 0. The van der Waals surface area contributed by atoms with Gasteiger partial charge in [-0.2, -0.15) is 4.39 Å². The molecule has 0 saturated heterocycles. The normalized spacial score (nSPS) is 15.0. The number of nitrogens with one attached hydrogen (secondary N) is 2. The Morgan fingerprint density at radius 3 is 2.35 bits per heavy atom. The molecule has 1 atom stereocenters. The first kappa shape index (κ1) is 27.5. The second-order valence-electron chi connectivity index (χ2n) is 9.39. The summed E-state index contributed by atoms with van der Waals surface area (Å²) in [5, 5.41) is 5.34. The van der Waals surface area contributed by atoms with E-state index in [1.165, 1.54) is 0 Å². The average molecular weight is 487 g/mol. The second-order valence-corrected chi connectivity index (χ2v) is 9.39. The Hall–Kier alpha value is -2.78. The van der Waals surface area contributed by atoms with Crippen LogP contribution < -0.4 is 15.4 Å². The Morgan fingerprint density at radius 1 is 1.06 bits per heavy atom. The van der Waals surface area contributed by atoms with Gasteiger partial charge in [0.1, 0.15) is 12.2 Å². The van der Waals surface area contributed by atoms with Crippen molar-refractivity contribution in [3.63, 3.8) is 0 Å². The summed E-state index contributed by atoms with van der Waals surface area (Å²) in [5.41, 5.74) is -0.618. The summed E-state index contributed by atoms with van der Waals surface area (Å²) in [6, 6.07) is 0.388. The lowest BCUT2D eigenvalue weighted by molar-refractivity contribution is -0.131. The highest BCUT2D eigenvalue weighted by atomic mass is 19.2. The van der Waals surface area contributed by atoms with Crippen molar-refractivity contribution in [2.24, 2.45) is 5.92 Å². The third-order valence-electron chi connectivity index (χ3n) is 5.38. The first-order valence-corrected chi connectivity index (χ1v) is 11.5. The average Bonchev–Trinajstić information content (AvgIpc) is 3.29. The highest BCUT2D eigenvalue weighted by Crippen LogP contribution is 2.26. The van der Waals surface area contributed by atoms with Crippen molar-refractivity contribution in [3.05, 3.63) is 29.6 Å². The van der Waals surface area contributed by atoms with Crippen molar-refractivity contribution in [2.75, 3.05) is 13.2 Å². The maximum atomic E-state index is 13.8. The van der Waals surface area contributed by atoms with Gasteiger partial charge in [-0.15, -0.1) is 0 Å². The Balaban J connectivity index is 1.91.